The number of nitrogens with zero attached hydrogens (tertiary/aromatic N) is 1. The number of hydrogen-bond donors (Lipinski definition) is 2. The van der Waals surface area contributed by atoms with E-state index < -0.39 is 5.91 Å². The number of primary amides is 1. The molecule has 6 heteroatoms. The van der Waals surface area contributed by atoms with Crippen LogP contribution in [-0.2, 0) is 0 Å². The summed E-state index contributed by atoms with van der Waals surface area (Å²) in [7, 11) is 0. The summed E-state index contributed by atoms with van der Waals surface area (Å²) in [4.78, 5) is 16.6. The first-order valence-corrected chi connectivity index (χ1v) is 9.08. The lowest BCUT2D eigenvalue weighted by atomic mass is 9.98. The number of aromatic amines is 1. The van der Waals surface area contributed by atoms with Gasteiger partial charge in [0.15, 0.2) is 0 Å². The van der Waals surface area contributed by atoms with Crippen LogP contribution in [0.5, 0.6) is 0 Å². The molecule has 0 aliphatic rings. The number of aryl methyl sites for hydroxylation is 2. The SMILES string of the molecule is CSc1ccc2[nH]c3c(C(N)=O)cc(-c4c(C)noc4C)cc3c2c1. The molecule has 1 amide bonds. The van der Waals surface area contributed by atoms with Crippen molar-refractivity contribution in [3.05, 3.63) is 47.3 Å². The third kappa shape index (κ3) is 2.41. The zero-order chi connectivity index (χ0) is 17.7. The first-order valence-electron chi connectivity index (χ1n) is 7.86. The number of fused-ring (bicyclic) bond motifs is 3. The number of carbonyl (C=O) groups is 1. The maximum atomic E-state index is 12.1. The molecule has 0 aliphatic carbocycles. The van der Waals surface area contributed by atoms with Crippen molar-refractivity contribution in [1.29, 1.82) is 0 Å². The Bertz CT molecular complexity index is 1120. The van der Waals surface area contributed by atoms with Crippen molar-refractivity contribution in [3.63, 3.8) is 0 Å². The molecule has 3 N–H and O–H groups in total. The number of H-pyrrole nitrogens is 1. The lowest BCUT2D eigenvalue weighted by molar-refractivity contribution is 0.100. The Kier molecular flexibility index (Phi) is 3.58. The molecule has 2 aromatic carbocycles. The standard InChI is InChI=1S/C19H17N3O2S/c1-9-17(10(2)24-22-9)11-6-14-13-8-12(25-3)4-5-16(13)21-18(14)15(7-11)19(20)23/h4-8,21H,1-3H3,(H2,20,23). The lowest BCUT2D eigenvalue weighted by Gasteiger charge is -2.05. The van der Waals surface area contributed by atoms with Gasteiger partial charge in [-0.05, 0) is 56.0 Å². The molecule has 0 unspecified atom stereocenters. The van der Waals surface area contributed by atoms with E-state index in [1.165, 1.54) is 0 Å². The predicted octanol–water partition coefficient (Wildman–Crippen LogP) is 4.41. The largest absolute Gasteiger partial charge is 0.366 e. The van der Waals surface area contributed by atoms with Crippen molar-refractivity contribution in [3.8, 4) is 11.1 Å². The van der Waals surface area contributed by atoms with E-state index >= 15 is 0 Å². The van der Waals surface area contributed by atoms with Crippen LogP contribution in [0.2, 0.25) is 0 Å². The van der Waals surface area contributed by atoms with Gasteiger partial charge in [-0.3, -0.25) is 4.79 Å². The highest BCUT2D eigenvalue weighted by Gasteiger charge is 2.18. The van der Waals surface area contributed by atoms with Crippen LogP contribution in [0.4, 0.5) is 0 Å². The fourth-order valence-corrected chi connectivity index (χ4v) is 3.78. The van der Waals surface area contributed by atoms with Crippen LogP contribution in [0, 0.1) is 13.8 Å². The quantitative estimate of drug-likeness (QED) is 0.535. The maximum absolute atomic E-state index is 12.1. The van der Waals surface area contributed by atoms with E-state index in [4.69, 9.17) is 10.3 Å². The lowest BCUT2D eigenvalue weighted by Crippen LogP contribution is -2.11. The Morgan fingerprint density at radius 3 is 2.64 bits per heavy atom. The van der Waals surface area contributed by atoms with Gasteiger partial charge in [0.1, 0.15) is 5.76 Å². The van der Waals surface area contributed by atoms with E-state index in [1.54, 1.807) is 11.8 Å². The third-order valence-electron chi connectivity index (χ3n) is 4.50. The molecule has 5 nitrogen and oxygen atoms in total. The van der Waals surface area contributed by atoms with Gasteiger partial charge in [-0.2, -0.15) is 0 Å². The summed E-state index contributed by atoms with van der Waals surface area (Å²) < 4.78 is 5.29. The molecule has 4 aromatic rings. The second-order valence-electron chi connectivity index (χ2n) is 6.05. The monoisotopic (exact) mass is 351 g/mol. The van der Waals surface area contributed by atoms with Crippen molar-refractivity contribution in [2.24, 2.45) is 5.73 Å². The number of thioether (sulfide) groups is 1. The Morgan fingerprint density at radius 1 is 1.20 bits per heavy atom. The van der Waals surface area contributed by atoms with Crippen molar-refractivity contribution in [2.75, 3.05) is 6.26 Å². The number of nitrogens with two attached hydrogens (primary N) is 1. The van der Waals surface area contributed by atoms with Gasteiger partial charge in [-0.15, -0.1) is 11.8 Å². The third-order valence-corrected chi connectivity index (χ3v) is 5.23. The van der Waals surface area contributed by atoms with Gasteiger partial charge in [0.05, 0.1) is 16.8 Å². The molecule has 2 aromatic heterocycles. The smallest absolute Gasteiger partial charge is 0.250 e. The number of rotatable bonds is 3. The van der Waals surface area contributed by atoms with Crippen molar-refractivity contribution in [1.82, 2.24) is 10.1 Å². The van der Waals surface area contributed by atoms with Gasteiger partial charge >= 0.3 is 0 Å². The average Bonchev–Trinajstić information content (AvgIpc) is 3.13. The van der Waals surface area contributed by atoms with Gasteiger partial charge in [0.25, 0.3) is 5.91 Å². The molecule has 0 saturated carbocycles. The average molecular weight is 351 g/mol. The van der Waals surface area contributed by atoms with Crippen LogP contribution >= 0.6 is 11.8 Å². The number of aromatic nitrogens is 2. The minimum atomic E-state index is -0.463. The van der Waals surface area contributed by atoms with Crippen LogP contribution < -0.4 is 5.73 Å². The molecule has 2 heterocycles. The number of hydrogen-bond acceptors (Lipinski definition) is 4. The molecular formula is C19H17N3O2S. The highest BCUT2D eigenvalue weighted by atomic mass is 32.2. The van der Waals surface area contributed by atoms with Gasteiger partial charge in [-0.1, -0.05) is 5.16 Å². The molecule has 4 rings (SSSR count). The Balaban J connectivity index is 2.13. The Labute approximate surface area is 148 Å². The Hall–Kier alpha value is -2.73. The summed E-state index contributed by atoms with van der Waals surface area (Å²) in [5, 5.41) is 6.06. The minimum absolute atomic E-state index is 0.463. The number of nitrogens with one attached hydrogen (secondary N) is 1. The summed E-state index contributed by atoms with van der Waals surface area (Å²) in [6.07, 6.45) is 2.04. The molecule has 0 atom stereocenters. The van der Waals surface area contributed by atoms with Crippen LogP contribution in [-0.4, -0.2) is 22.3 Å². The number of carbonyl (C=O) groups excluding carboxylic acids is 1. The number of amides is 1. The van der Waals surface area contributed by atoms with E-state index in [9.17, 15) is 4.79 Å². The van der Waals surface area contributed by atoms with Gasteiger partial charge in [0.2, 0.25) is 0 Å². The second-order valence-corrected chi connectivity index (χ2v) is 6.93. The zero-order valence-corrected chi connectivity index (χ0v) is 15.0. The topological polar surface area (TPSA) is 84.9 Å². The maximum Gasteiger partial charge on any atom is 0.250 e. The summed E-state index contributed by atoms with van der Waals surface area (Å²) in [5.74, 6) is 0.257. The fourth-order valence-electron chi connectivity index (χ4n) is 3.34. The fraction of sp³-hybridized carbons (Fsp3) is 0.158. The first kappa shape index (κ1) is 15.8. The molecule has 0 saturated heterocycles. The summed E-state index contributed by atoms with van der Waals surface area (Å²) in [6, 6.07) is 10.1. The molecule has 0 bridgehead atoms. The molecular weight excluding hydrogens is 334 g/mol. The van der Waals surface area contributed by atoms with E-state index in [0.29, 0.717) is 5.56 Å². The van der Waals surface area contributed by atoms with Gasteiger partial charge in [0, 0.05) is 26.7 Å². The second kappa shape index (κ2) is 5.67. The molecule has 0 fully saturated rings. The van der Waals surface area contributed by atoms with Crippen molar-refractivity contribution < 1.29 is 9.32 Å². The van der Waals surface area contributed by atoms with E-state index in [2.05, 4.69) is 28.3 Å². The first-order chi connectivity index (χ1) is 12.0. The Morgan fingerprint density at radius 2 is 2.00 bits per heavy atom. The van der Waals surface area contributed by atoms with E-state index in [-0.39, 0.29) is 0 Å². The highest BCUT2D eigenvalue weighted by molar-refractivity contribution is 7.98. The molecule has 25 heavy (non-hydrogen) atoms. The van der Waals surface area contributed by atoms with Crippen LogP contribution in [0.1, 0.15) is 21.8 Å². The van der Waals surface area contributed by atoms with Crippen molar-refractivity contribution in [2.45, 2.75) is 18.7 Å². The summed E-state index contributed by atoms with van der Waals surface area (Å²) in [6.45, 7) is 3.76. The van der Waals surface area contributed by atoms with Crippen LogP contribution in [0.25, 0.3) is 32.9 Å². The molecule has 126 valence electrons. The van der Waals surface area contributed by atoms with Gasteiger partial charge < -0.3 is 15.2 Å². The minimum Gasteiger partial charge on any atom is -0.366 e. The van der Waals surface area contributed by atoms with Gasteiger partial charge in [-0.25, -0.2) is 0 Å². The highest BCUT2D eigenvalue weighted by Crippen LogP contribution is 2.36. The normalized spacial score (nSPS) is 11.5. The molecule has 0 spiro atoms. The van der Waals surface area contributed by atoms with Crippen molar-refractivity contribution >= 4 is 39.5 Å². The zero-order valence-electron chi connectivity index (χ0n) is 14.1. The summed E-state index contributed by atoms with van der Waals surface area (Å²) in [5.41, 5.74) is 10.4. The summed E-state index contributed by atoms with van der Waals surface area (Å²) >= 11 is 1.68. The number of benzene rings is 2. The molecule has 0 aliphatic heterocycles. The predicted molar refractivity (Wildman–Crippen MR) is 101 cm³/mol. The van der Waals surface area contributed by atoms with Crippen LogP contribution in [0.15, 0.2) is 39.8 Å². The van der Waals surface area contributed by atoms with E-state index in [0.717, 1.165) is 49.3 Å². The van der Waals surface area contributed by atoms with E-state index in [1.807, 2.05) is 32.2 Å². The van der Waals surface area contributed by atoms with Crippen LogP contribution in [0.3, 0.4) is 0 Å². The molecule has 0 radical (unpaired) electrons.